The summed E-state index contributed by atoms with van der Waals surface area (Å²) >= 11 is 0. The van der Waals surface area contributed by atoms with Gasteiger partial charge in [-0.15, -0.1) is 0 Å². The van der Waals surface area contributed by atoms with E-state index in [-0.39, 0.29) is 0 Å². The Bertz CT molecular complexity index is 203. The molecule has 1 unspecified atom stereocenters. The van der Waals surface area contributed by atoms with Crippen LogP contribution in [0.3, 0.4) is 0 Å². The molecule has 1 atom stereocenters. The summed E-state index contributed by atoms with van der Waals surface area (Å²) in [6.07, 6.45) is 2.50. The monoisotopic (exact) mass is 275 g/mol. The van der Waals surface area contributed by atoms with E-state index in [0.29, 0.717) is 5.92 Å². The molecule has 0 aromatic heterocycles. The lowest BCUT2D eigenvalue weighted by molar-refractivity contribution is -0.148. The van der Waals surface area contributed by atoms with Gasteiger partial charge in [-0.25, -0.2) is 0 Å². The Morgan fingerprint density at radius 1 is 1.21 bits per heavy atom. The second-order valence-corrected chi connectivity index (χ2v) is 5.55. The molecule has 0 heterocycles. The van der Waals surface area contributed by atoms with Gasteiger partial charge in [-0.05, 0) is 52.7 Å². The van der Waals surface area contributed by atoms with Crippen LogP contribution in [-0.2, 0) is 4.79 Å². The average Bonchev–Trinajstić information content (AvgIpc) is 2.38. The van der Waals surface area contributed by atoms with E-state index < -0.39 is 11.4 Å². The first-order valence-corrected chi connectivity index (χ1v) is 7.57. The van der Waals surface area contributed by atoms with Crippen LogP contribution in [0.2, 0.25) is 0 Å². The predicted molar refractivity (Wildman–Crippen MR) is 85.7 cm³/mol. The molecule has 3 nitrogen and oxygen atoms in total. The van der Waals surface area contributed by atoms with Crippen LogP contribution >= 0.6 is 0 Å². The largest absolute Gasteiger partial charge is 0.481 e. The van der Waals surface area contributed by atoms with Gasteiger partial charge in [0.15, 0.2) is 0 Å². The van der Waals surface area contributed by atoms with Crippen LogP contribution in [0.25, 0.3) is 0 Å². The van der Waals surface area contributed by atoms with Crippen LogP contribution in [0.5, 0.6) is 0 Å². The number of rotatable bonds is 6. The zero-order chi connectivity index (χ0) is 16.1. The first kappa shape index (κ1) is 23.5. The lowest BCUT2D eigenvalue weighted by atomic mass is 9.81. The summed E-state index contributed by atoms with van der Waals surface area (Å²) in [5, 5.41) is 8.95. The maximum Gasteiger partial charge on any atom is 0.309 e. The van der Waals surface area contributed by atoms with Gasteiger partial charge in [-0.2, -0.15) is 0 Å². The number of carboxylic acids is 1. The Kier molecular flexibility index (Phi) is 17.1. The number of nitrogens with zero attached hydrogens (tertiary/aromatic N) is 1. The van der Waals surface area contributed by atoms with Crippen molar-refractivity contribution in [3.63, 3.8) is 0 Å². The number of aliphatic carboxylic acids is 1. The second kappa shape index (κ2) is 13.9. The molecule has 0 fully saturated rings. The number of carboxylic acid groups (broad SMARTS) is 1. The molecule has 0 saturated carbocycles. The highest BCUT2D eigenvalue weighted by molar-refractivity contribution is 5.73. The van der Waals surface area contributed by atoms with Gasteiger partial charge >= 0.3 is 5.97 Å². The smallest absolute Gasteiger partial charge is 0.309 e. The molecule has 3 heteroatoms. The van der Waals surface area contributed by atoms with Crippen molar-refractivity contribution in [3.05, 3.63) is 0 Å². The van der Waals surface area contributed by atoms with Crippen molar-refractivity contribution in [1.82, 2.24) is 4.90 Å². The van der Waals surface area contributed by atoms with Gasteiger partial charge in [0.1, 0.15) is 0 Å². The van der Waals surface area contributed by atoms with Gasteiger partial charge in [0.2, 0.25) is 0 Å². The van der Waals surface area contributed by atoms with Crippen molar-refractivity contribution in [1.29, 1.82) is 0 Å². The van der Waals surface area contributed by atoms with Crippen LogP contribution < -0.4 is 0 Å². The van der Waals surface area contributed by atoms with Gasteiger partial charge in [-0.3, -0.25) is 4.79 Å². The summed E-state index contributed by atoms with van der Waals surface area (Å²) in [4.78, 5) is 13.0. The lowest BCUT2D eigenvalue weighted by Gasteiger charge is -2.23. The number of hydrogen-bond donors (Lipinski definition) is 1. The fourth-order valence-electron chi connectivity index (χ4n) is 1.04. The molecule has 0 rings (SSSR count). The molecule has 0 amide bonds. The van der Waals surface area contributed by atoms with Gasteiger partial charge in [0, 0.05) is 0 Å². The zero-order valence-electron chi connectivity index (χ0n) is 14.7. The third-order valence-corrected chi connectivity index (χ3v) is 3.20. The third kappa shape index (κ3) is 15.4. The maximum absolute atomic E-state index is 10.9. The van der Waals surface area contributed by atoms with Crippen LogP contribution in [0.4, 0.5) is 0 Å². The van der Waals surface area contributed by atoms with Crippen molar-refractivity contribution >= 4 is 5.97 Å². The molecular formula is C16H37NO2. The summed E-state index contributed by atoms with van der Waals surface area (Å²) in [5.41, 5.74) is -0.510. The minimum Gasteiger partial charge on any atom is -0.481 e. The lowest BCUT2D eigenvalue weighted by Crippen LogP contribution is -2.26. The van der Waals surface area contributed by atoms with Crippen molar-refractivity contribution < 1.29 is 9.90 Å². The van der Waals surface area contributed by atoms with Gasteiger partial charge in [0.05, 0.1) is 5.41 Å². The Morgan fingerprint density at radius 2 is 1.58 bits per heavy atom. The molecule has 0 aliphatic rings. The van der Waals surface area contributed by atoms with Crippen LogP contribution in [0, 0.1) is 11.3 Å². The first-order chi connectivity index (χ1) is 8.69. The van der Waals surface area contributed by atoms with Crippen molar-refractivity contribution in [2.75, 3.05) is 20.6 Å². The number of carbonyl (C=O) groups is 1. The molecule has 0 spiro atoms. The maximum atomic E-state index is 10.9. The summed E-state index contributed by atoms with van der Waals surface area (Å²) in [5.74, 6) is -0.0686. The standard InChI is InChI=1S/C10H20O2.C4H11N.C2H6/c1-5-10(4,9(11)12)7-6-8(2)3;1-4-5(2)3;1-2/h8H,5-7H2,1-4H3,(H,11,12);4H2,1-3H3;1-2H3. The predicted octanol–water partition coefficient (Wildman–Crippen LogP) is 4.52. The van der Waals surface area contributed by atoms with Crippen molar-refractivity contribution in [2.24, 2.45) is 11.3 Å². The second-order valence-electron chi connectivity index (χ2n) is 5.55. The Hall–Kier alpha value is -0.570. The molecule has 0 saturated heterocycles. The highest BCUT2D eigenvalue weighted by Crippen LogP contribution is 2.29. The van der Waals surface area contributed by atoms with E-state index in [1.54, 1.807) is 0 Å². The average molecular weight is 275 g/mol. The highest BCUT2D eigenvalue weighted by Gasteiger charge is 2.30. The Labute approximate surface area is 121 Å². The molecule has 0 aromatic carbocycles. The van der Waals surface area contributed by atoms with Crippen molar-refractivity contribution in [2.45, 2.75) is 67.7 Å². The normalized spacial score (nSPS) is 13.0. The SMILES string of the molecule is CC.CCC(C)(CCC(C)C)C(=O)O.CCN(C)C. The minimum atomic E-state index is -0.661. The topological polar surface area (TPSA) is 40.5 Å². The van der Waals surface area contributed by atoms with E-state index in [1.807, 2.05) is 27.7 Å². The summed E-state index contributed by atoms with van der Waals surface area (Å²) in [6.45, 7) is 15.3. The molecule has 1 N–H and O–H groups in total. The van der Waals surface area contributed by atoms with Crippen LogP contribution in [-0.4, -0.2) is 36.6 Å². The fourth-order valence-corrected chi connectivity index (χ4v) is 1.04. The number of hydrogen-bond acceptors (Lipinski definition) is 2. The van der Waals surface area contributed by atoms with E-state index in [4.69, 9.17) is 5.11 Å². The van der Waals surface area contributed by atoms with Gasteiger partial charge in [0.25, 0.3) is 0 Å². The van der Waals surface area contributed by atoms with E-state index >= 15 is 0 Å². The summed E-state index contributed by atoms with van der Waals surface area (Å²) in [6, 6.07) is 0. The minimum absolute atomic E-state index is 0.510. The molecule has 0 radical (unpaired) electrons. The van der Waals surface area contributed by atoms with Crippen LogP contribution in [0.15, 0.2) is 0 Å². The Balaban J connectivity index is -0.000000307. The molecule has 0 bridgehead atoms. The van der Waals surface area contributed by atoms with E-state index in [2.05, 4.69) is 39.8 Å². The fraction of sp³-hybridized carbons (Fsp3) is 0.938. The Morgan fingerprint density at radius 3 is 1.74 bits per heavy atom. The first-order valence-electron chi connectivity index (χ1n) is 7.57. The highest BCUT2D eigenvalue weighted by atomic mass is 16.4. The molecule has 118 valence electrons. The molecule has 0 aliphatic heterocycles. The molecule has 19 heavy (non-hydrogen) atoms. The molecular weight excluding hydrogens is 238 g/mol. The van der Waals surface area contributed by atoms with Crippen LogP contribution in [0.1, 0.15) is 67.7 Å². The van der Waals surface area contributed by atoms with E-state index in [0.717, 1.165) is 25.8 Å². The summed E-state index contributed by atoms with van der Waals surface area (Å²) < 4.78 is 0. The third-order valence-electron chi connectivity index (χ3n) is 3.20. The summed E-state index contributed by atoms with van der Waals surface area (Å²) in [7, 11) is 4.11. The van der Waals surface area contributed by atoms with E-state index in [9.17, 15) is 4.79 Å². The molecule has 0 aromatic rings. The zero-order valence-corrected chi connectivity index (χ0v) is 14.7. The van der Waals surface area contributed by atoms with Gasteiger partial charge in [-0.1, -0.05) is 41.5 Å². The van der Waals surface area contributed by atoms with E-state index in [1.165, 1.54) is 0 Å². The van der Waals surface area contributed by atoms with Crippen molar-refractivity contribution in [3.8, 4) is 0 Å². The van der Waals surface area contributed by atoms with Gasteiger partial charge < -0.3 is 10.0 Å². The quantitative estimate of drug-likeness (QED) is 0.775. The molecule has 0 aliphatic carbocycles.